The van der Waals surface area contributed by atoms with Gasteiger partial charge >= 0.3 is 0 Å². The van der Waals surface area contributed by atoms with E-state index in [1.807, 2.05) is 36.5 Å². The molecule has 1 aromatic heterocycles. The second-order valence-electron chi connectivity index (χ2n) is 6.40. The van der Waals surface area contributed by atoms with E-state index in [1.165, 1.54) is 11.3 Å². The number of rotatable bonds is 1. The maximum atomic E-state index is 6.13. The summed E-state index contributed by atoms with van der Waals surface area (Å²) in [5, 5.41) is 0. The van der Waals surface area contributed by atoms with Gasteiger partial charge in [0.05, 0.1) is 12.7 Å². The molecule has 0 bridgehead atoms. The van der Waals surface area contributed by atoms with Crippen molar-refractivity contribution in [1.29, 1.82) is 0 Å². The average Bonchev–Trinajstić information content (AvgIpc) is 2.66. The van der Waals surface area contributed by atoms with E-state index < -0.39 is 0 Å². The lowest BCUT2D eigenvalue weighted by molar-refractivity contribution is -0.0788. The average molecular weight is 318 g/mol. The van der Waals surface area contributed by atoms with Gasteiger partial charge in [0.15, 0.2) is 0 Å². The molecule has 3 nitrogen and oxygen atoms in total. The summed E-state index contributed by atoms with van der Waals surface area (Å²) in [6.45, 7) is 5.15. The molecule has 0 radical (unpaired) electrons. The fraction of sp³-hybridized carbons (Fsp3) is 0.381. The number of pyridine rings is 1. The van der Waals surface area contributed by atoms with Gasteiger partial charge in [0.1, 0.15) is 0 Å². The highest BCUT2D eigenvalue weighted by molar-refractivity contribution is 5.44. The Bertz CT molecular complexity index is 775. The number of morpholine rings is 1. The Hall–Kier alpha value is -2.15. The van der Waals surface area contributed by atoms with Crippen LogP contribution in [0.4, 0.5) is 0 Å². The third kappa shape index (κ3) is 2.96. The first-order valence-corrected chi connectivity index (χ1v) is 8.76. The zero-order valence-electron chi connectivity index (χ0n) is 14.0. The minimum Gasteiger partial charge on any atom is -0.370 e. The van der Waals surface area contributed by atoms with E-state index in [0.29, 0.717) is 6.04 Å². The van der Waals surface area contributed by atoms with Crippen LogP contribution in [0.2, 0.25) is 0 Å². The molecule has 1 aliphatic carbocycles. The van der Waals surface area contributed by atoms with Gasteiger partial charge in [0, 0.05) is 41.2 Å². The Morgan fingerprint density at radius 1 is 1.21 bits per heavy atom. The lowest BCUT2D eigenvalue weighted by atomic mass is 9.86. The van der Waals surface area contributed by atoms with Gasteiger partial charge in [-0.05, 0) is 37.6 Å². The van der Waals surface area contributed by atoms with Crippen molar-refractivity contribution in [2.75, 3.05) is 19.7 Å². The summed E-state index contributed by atoms with van der Waals surface area (Å²) in [4.78, 5) is 7.21. The van der Waals surface area contributed by atoms with Crippen molar-refractivity contribution in [2.45, 2.75) is 31.9 Å². The number of likely N-dealkylation sites (N-methyl/N-ethyl adjacent to an activating group) is 1. The van der Waals surface area contributed by atoms with Gasteiger partial charge < -0.3 is 4.74 Å². The maximum absolute atomic E-state index is 6.13. The molecule has 2 aliphatic rings. The quantitative estimate of drug-likeness (QED) is 0.755. The molecule has 1 fully saturated rings. The lowest BCUT2D eigenvalue weighted by Crippen LogP contribution is -2.49. The van der Waals surface area contributed by atoms with Crippen molar-refractivity contribution >= 4 is 0 Å². The summed E-state index contributed by atoms with van der Waals surface area (Å²) in [5.74, 6) is 6.47. The van der Waals surface area contributed by atoms with Crippen LogP contribution in [0.15, 0.2) is 42.6 Å². The molecule has 3 heteroatoms. The number of aryl methyl sites for hydroxylation is 1. The Kier molecular flexibility index (Phi) is 4.34. The highest BCUT2D eigenvalue weighted by Crippen LogP contribution is 2.37. The predicted octanol–water partition coefficient (Wildman–Crippen LogP) is 3.19. The number of ether oxygens (including phenoxy) is 1. The van der Waals surface area contributed by atoms with Crippen LogP contribution in [0.1, 0.15) is 41.8 Å². The van der Waals surface area contributed by atoms with Crippen LogP contribution < -0.4 is 0 Å². The van der Waals surface area contributed by atoms with Crippen LogP contribution in [0.3, 0.4) is 0 Å². The highest BCUT2D eigenvalue weighted by Gasteiger charge is 2.37. The molecule has 122 valence electrons. The van der Waals surface area contributed by atoms with Crippen molar-refractivity contribution in [3.05, 3.63) is 65.0 Å². The molecule has 24 heavy (non-hydrogen) atoms. The van der Waals surface area contributed by atoms with Crippen molar-refractivity contribution in [3.8, 4) is 11.8 Å². The SMILES string of the molecule is CCN1CCO[C@H]2c3cc(C#Cc4ccccc4)cnc3CC[C@H]21. The van der Waals surface area contributed by atoms with Gasteiger partial charge in [-0.25, -0.2) is 0 Å². The van der Waals surface area contributed by atoms with E-state index in [4.69, 9.17) is 4.74 Å². The molecule has 1 saturated heterocycles. The van der Waals surface area contributed by atoms with E-state index >= 15 is 0 Å². The Morgan fingerprint density at radius 2 is 2.04 bits per heavy atom. The number of hydrogen-bond donors (Lipinski definition) is 0. The zero-order valence-corrected chi connectivity index (χ0v) is 14.0. The van der Waals surface area contributed by atoms with Crippen LogP contribution >= 0.6 is 0 Å². The van der Waals surface area contributed by atoms with Gasteiger partial charge in [-0.15, -0.1) is 0 Å². The summed E-state index contributed by atoms with van der Waals surface area (Å²) in [6.07, 6.45) is 4.21. The molecule has 1 aliphatic heterocycles. The molecule has 2 atom stereocenters. The first-order chi connectivity index (χ1) is 11.8. The standard InChI is InChI=1S/C21H22N2O/c1-2-23-12-13-24-21-18-14-17(9-8-16-6-4-3-5-7-16)15-22-19(18)10-11-20(21)23/h3-7,14-15,20-21H,2,10-13H2,1H3/t20-,21+/m1/s1. The van der Waals surface area contributed by atoms with Crippen LogP contribution in [-0.2, 0) is 11.2 Å². The molecule has 0 saturated carbocycles. The normalized spacial score (nSPS) is 22.9. The zero-order chi connectivity index (χ0) is 16.4. The minimum absolute atomic E-state index is 0.147. The molecule has 4 rings (SSSR count). The first kappa shape index (κ1) is 15.4. The molecule has 0 spiro atoms. The molecule has 2 aromatic rings. The fourth-order valence-corrected chi connectivity index (χ4v) is 3.77. The number of nitrogens with zero attached hydrogens (tertiary/aromatic N) is 2. The van der Waals surface area contributed by atoms with Crippen molar-refractivity contribution in [2.24, 2.45) is 0 Å². The van der Waals surface area contributed by atoms with E-state index in [-0.39, 0.29) is 6.10 Å². The molecule has 1 aromatic carbocycles. The Balaban J connectivity index is 1.64. The molecule has 0 unspecified atom stereocenters. The van der Waals surface area contributed by atoms with Crippen molar-refractivity contribution in [3.63, 3.8) is 0 Å². The molecule has 0 N–H and O–H groups in total. The van der Waals surface area contributed by atoms with E-state index in [9.17, 15) is 0 Å². The molecular formula is C21H22N2O. The minimum atomic E-state index is 0.147. The first-order valence-electron chi connectivity index (χ1n) is 8.76. The van der Waals surface area contributed by atoms with E-state index in [1.54, 1.807) is 0 Å². The van der Waals surface area contributed by atoms with Gasteiger partial charge in [-0.3, -0.25) is 9.88 Å². The molecule has 0 amide bonds. The summed E-state index contributed by atoms with van der Waals surface area (Å²) < 4.78 is 6.13. The van der Waals surface area contributed by atoms with Crippen LogP contribution in [0, 0.1) is 11.8 Å². The molecular weight excluding hydrogens is 296 g/mol. The second kappa shape index (κ2) is 6.76. The number of aromatic nitrogens is 1. The largest absolute Gasteiger partial charge is 0.370 e. The van der Waals surface area contributed by atoms with Crippen LogP contribution in [-0.4, -0.2) is 35.6 Å². The van der Waals surface area contributed by atoms with Gasteiger partial charge in [-0.1, -0.05) is 37.0 Å². The van der Waals surface area contributed by atoms with Crippen LogP contribution in [0.5, 0.6) is 0 Å². The van der Waals surface area contributed by atoms with Gasteiger partial charge in [0.2, 0.25) is 0 Å². The topological polar surface area (TPSA) is 25.4 Å². The van der Waals surface area contributed by atoms with Gasteiger partial charge in [0.25, 0.3) is 0 Å². The summed E-state index contributed by atoms with van der Waals surface area (Å²) in [5.41, 5.74) is 4.42. The van der Waals surface area contributed by atoms with Gasteiger partial charge in [-0.2, -0.15) is 0 Å². The smallest absolute Gasteiger partial charge is 0.0998 e. The van der Waals surface area contributed by atoms with E-state index in [2.05, 4.69) is 34.7 Å². The van der Waals surface area contributed by atoms with Crippen molar-refractivity contribution < 1.29 is 4.74 Å². The number of fused-ring (bicyclic) bond motifs is 3. The molecule has 2 heterocycles. The van der Waals surface area contributed by atoms with Crippen LogP contribution in [0.25, 0.3) is 0 Å². The Morgan fingerprint density at radius 3 is 2.88 bits per heavy atom. The summed E-state index contributed by atoms with van der Waals surface area (Å²) in [7, 11) is 0. The number of hydrogen-bond acceptors (Lipinski definition) is 3. The third-order valence-corrected chi connectivity index (χ3v) is 5.01. The predicted molar refractivity (Wildman–Crippen MR) is 94.7 cm³/mol. The van der Waals surface area contributed by atoms with E-state index in [0.717, 1.165) is 43.7 Å². The fourth-order valence-electron chi connectivity index (χ4n) is 3.77. The summed E-state index contributed by atoms with van der Waals surface area (Å²) in [6, 6.07) is 12.7. The maximum Gasteiger partial charge on any atom is 0.0998 e. The van der Waals surface area contributed by atoms with Crippen molar-refractivity contribution in [1.82, 2.24) is 9.88 Å². The Labute approximate surface area is 143 Å². The lowest BCUT2D eigenvalue weighted by Gasteiger charge is -2.43. The number of benzene rings is 1. The second-order valence-corrected chi connectivity index (χ2v) is 6.40. The monoisotopic (exact) mass is 318 g/mol. The summed E-state index contributed by atoms with van der Waals surface area (Å²) >= 11 is 0. The third-order valence-electron chi connectivity index (χ3n) is 5.01. The highest BCUT2D eigenvalue weighted by atomic mass is 16.5.